The van der Waals surface area contributed by atoms with Gasteiger partial charge in [0, 0.05) is 10.2 Å². The average Bonchev–Trinajstić information content (AvgIpc) is 2.31. The predicted molar refractivity (Wildman–Crippen MR) is 68.5 cm³/mol. The number of morpholine rings is 1. The molecule has 1 unspecified atom stereocenters. The van der Waals surface area contributed by atoms with E-state index in [9.17, 15) is 9.59 Å². The molecule has 6 heteroatoms. The van der Waals surface area contributed by atoms with Crippen molar-refractivity contribution in [1.29, 1.82) is 0 Å². The van der Waals surface area contributed by atoms with Gasteiger partial charge in [0.2, 0.25) is 0 Å². The Morgan fingerprint density at radius 1 is 1.56 bits per heavy atom. The fourth-order valence-corrected chi connectivity index (χ4v) is 2.22. The van der Waals surface area contributed by atoms with E-state index in [4.69, 9.17) is 9.84 Å². The van der Waals surface area contributed by atoms with Crippen molar-refractivity contribution in [1.82, 2.24) is 0 Å². The number of hydrogen-bond donors (Lipinski definition) is 1. The summed E-state index contributed by atoms with van der Waals surface area (Å²) in [5.41, 5.74) is 0.744. The van der Waals surface area contributed by atoms with Gasteiger partial charge in [-0.05, 0) is 18.2 Å². The highest BCUT2D eigenvalue weighted by molar-refractivity contribution is 9.10. The maximum Gasteiger partial charge on any atom is 0.306 e. The predicted octanol–water partition coefficient (Wildman–Crippen LogP) is 1.66. The second-order valence-electron chi connectivity index (χ2n) is 4.02. The standard InChI is InChI=1S/C12H12BrNO4/c13-8-2-1-3-9(4-8)14-6-10(5-12(16)17)18-7-11(14)15/h1-4,10H,5-7H2,(H,16,17). The number of amides is 1. The van der Waals surface area contributed by atoms with Gasteiger partial charge in [-0.25, -0.2) is 0 Å². The Kier molecular flexibility index (Phi) is 3.98. The van der Waals surface area contributed by atoms with Crippen LogP contribution < -0.4 is 4.90 Å². The molecule has 0 aliphatic carbocycles. The molecule has 2 rings (SSSR count). The Hall–Kier alpha value is -1.40. The third-order valence-corrected chi connectivity index (χ3v) is 3.15. The Bertz CT molecular complexity index is 477. The number of ether oxygens (including phenoxy) is 1. The van der Waals surface area contributed by atoms with Crippen molar-refractivity contribution in [3.05, 3.63) is 28.7 Å². The summed E-state index contributed by atoms with van der Waals surface area (Å²) in [6.07, 6.45) is -0.559. The molecule has 0 bridgehead atoms. The minimum absolute atomic E-state index is 0.0789. The molecule has 0 spiro atoms. The highest BCUT2D eigenvalue weighted by atomic mass is 79.9. The van der Waals surface area contributed by atoms with E-state index in [2.05, 4.69) is 15.9 Å². The third kappa shape index (κ3) is 3.08. The van der Waals surface area contributed by atoms with Crippen LogP contribution >= 0.6 is 15.9 Å². The average molecular weight is 314 g/mol. The van der Waals surface area contributed by atoms with Crippen LogP contribution in [0.25, 0.3) is 0 Å². The largest absolute Gasteiger partial charge is 0.481 e. The fraction of sp³-hybridized carbons (Fsp3) is 0.333. The van der Waals surface area contributed by atoms with Crippen LogP contribution in [0.2, 0.25) is 0 Å². The second kappa shape index (κ2) is 5.49. The molecule has 1 heterocycles. The first-order valence-electron chi connectivity index (χ1n) is 5.45. The molecule has 5 nitrogen and oxygen atoms in total. The summed E-state index contributed by atoms with van der Waals surface area (Å²) in [6, 6.07) is 7.32. The fourth-order valence-electron chi connectivity index (χ4n) is 1.84. The van der Waals surface area contributed by atoms with Gasteiger partial charge in [0.25, 0.3) is 5.91 Å². The number of benzene rings is 1. The van der Waals surface area contributed by atoms with Gasteiger partial charge in [0.1, 0.15) is 6.61 Å². The quantitative estimate of drug-likeness (QED) is 0.921. The summed E-state index contributed by atoms with van der Waals surface area (Å²) < 4.78 is 6.07. The molecule has 1 aromatic carbocycles. The molecular weight excluding hydrogens is 302 g/mol. The number of hydrogen-bond acceptors (Lipinski definition) is 3. The zero-order valence-corrected chi connectivity index (χ0v) is 11.1. The van der Waals surface area contributed by atoms with Crippen LogP contribution in [-0.2, 0) is 14.3 Å². The lowest BCUT2D eigenvalue weighted by Crippen LogP contribution is -2.47. The maximum atomic E-state index is 11.8. The van der Waals surface area contributed by atoms with Gasteiger partial charge in [-0.3, -0.25) is 9.59 Å². The SMILES string of the molecule is O=C(O)CC1CN(c2cccc(Br)c2)C(=O)CO1. The molecule has 1 aliphatic rings. The van der Waals surface area contributed by atoms with Gasteiger partial charge >= 0.3 is 5.97 Å². The van der Waals surface area contributed by atoms with Crippen LogP contribution in [0, 0.1) is 0 Å². The zero-order chi connectivity index (χ0) is 13.1. The van der Waals surface area contributed by atoms with Crippen molar-refractivity contribution >= 4 is 33.5 Å². The van der Waals surface area contributed by atoms with Crippen molar-refractivity contribution in [2.75, 3.05) is 18.1 Å². The van der Waals surface area contributed by atoms with Crippen LogP contribution in [0.3, 0.4) is 0 Å². The Labute approximate surface area is 112 Å². The summed E-state index contributed by atoms with van der Waals surface area (Å²) in [4.78, 5) is 24.0. The lowest BCUT2D eigenvalue weighted by Gasteiger charge is -2.32. The molecule has 96 valence electrons. The Morgan fingerprint density at radius 3 is 3.00 bits per heavy atom. The molecule has 1 fully saturated rings. The van der Waals surface area contributed by atoms with E-state index in [0.717, 1.165) is 10.2 Å². The summed E-state index contributed by atoms with van der Waals surface area (Å²) in [5.74, 6) is -1.08. The molecule has 1 saturated heterocycles. The molecular formula is C12H12BrNO4. The monoisotopic (exact) mass is 313 g/mol. The van der Waals surface area contributed by atoms with Crippen LogP contribution in [-0.4, -0.2) is 36.2 Å². The summed E-state index contributed by atoms with van der Waals surface area (Å²) >= 11 is 3.34. The number of anilines is 1. The molecule has 0 saturated carbocycles. The number of carboxylic acid groups (broad SMARTS) is 1. The number of aliphatic carboxylic acids is 1. The number of rotatable bonds is 3. The van der Waals surface area contributed by atoms with Crippen LogP contribution in [0.4, 0.5) is 5.69 Å². The molecule has 0 aromatic heterocycles. The molecule has 1 aliphatic heterocycles. The summed E-state index contributed by atoms with van der Waals surface area (Å²) in [5, 5.41) is 8.74. The first kappa shape index (κ1) is 13.0. The molecule has 1 amide bonds. The number of carboxylic acids is 1. The van der Waals surface area contributed by atoms with Gasteiger partial charge in [0.15, 0.2) is 0 Å². The van der Waals surface area contributed by atoms with Crippen molar-refractivity contribution in [3.8, 4) is 0 Å². The van der Waals surface area contributed by atoms with Crippen molar-refractivity contribution < 1.29 is 19.4 Å². The van der Waals surface area contributed by atoms with Gasteiger partial charge in [-0.15, -0.1) is 0 Å². The topological polar surface area (TPSA) is 66.8 Å². The normalized spacial score (nSPS) is 19.9. The van der Waals surface area contributed by atoms with E-state index in [1.165, 1.54) is 0 Å². The Morgan fingerprint density at radius 2 is 2.33 bits per heavy atom. The van der Waals surface area contributed by atoms with E-state index in [1.807, 2.05) is 24.3 Å². The molecule has 18 heavy (non-hydrogen) atoms. The van der Waals surface area contributed by atoms with Gasteiger partial charge < -0.3 is 14.7 Å². The third-order valence-electron chi connectivity index (χ3n) is 2.65. The highest BCUT2D eigenvalue weighted by Crippen LogP contribution is 2.23. The van der Waals surface area contributed by atoms with Gasteiger partial charge in [0.05, 0.1) is 19.1 Å². The van der Waals surface area contributed by atoms with E-state index in [0.29, 0.717) is 0 Å². The zero-order valence-electron chi connectivity index (χ0n) is 9.51. The summed E-state index contributed by atoms with van der Waals surface area (Å²) in [6.45, 7) is 0.187. The molecule has 1 atom stereocenters. The van der Waals surface area contributed by atoms with Crippen molar-refractivity contribution in [2.45, 2.75) is 12.5 Å². The maximum absolute atomic E-state index is 11.8. The summed E-state index contributed by atoms with van der Waals surface area (Å²) in [7, 11) is 0. The van der Waals surface area contributed by atoms with Crippen LogP contribution in [0.5, 0.6) is 0 Å². The number of nitrogens with zero attached hydrogens (tertiary/aromatic N) is 1. The van der Waals surface area contributed by atoms with E-state index >= 15 is 0 Å². The molecule has 1 aromatic rings. The van der Waals surface area contributed by atoms with Crippen molar-refractivity contribution in [2.24, 2.45) is 0 Å². The van der Waals surface area contributed by atoms with Crippen LogP contribution in [0.15, 0.2) is 28.7 Å². The number of carbonyl (C=O) groups is 2. The molecule has 1 N–H and O–H groups in total. The highest BCUT2D eigenvalue weighted by Gasteiger charge is 2.28. The smallest absolute Gasteiger partial charge is 0.306 e. The first-order chi connectivity index (χ1) is 8.56. The van der Waals surface area contributed by atoms with E-state index in [-0.39, 0.29) is 25.5 Å². The Balaban J connectivity index is 2.15. The van der Waals surface area contributed by atoms with Crippen LogP contribution in [0.1, 0.15) is 6.42 Å². The first-order valence-corrected chi connectivity index (χ1v) is 6.25. The number of carbonyl (C=O) groups excluding carboxylic acids is 1. The van der Waals surface area contributed by atoms with Crippen molar-refractivity contribution in [3.63, 3.8) is 0 Å². The van der Waals surface area contributed by atoms with Gasteiger partial charge in [-0.1, -0.05) is 22.0 Å². The lowest BCUT2D eigenvalue weighted by atomic mass is 10.2. The second-order valence-corrected chi connectivity index (χ2v) is 4.93. The van der Waals surface area contributed by atoms with E-state index in [1.54, 1.807) is 4.90 Å². The van der Waals surface area contributed by atoms with Gasteiger partial charge in [-0.2, -0.15) is 0 Å². The minimum atomic E-state index is -0.927. The minimum Gasteiger partial charge on any atom is -0.481 e. The lowest BCUT2D eigenvalue weighted by molar-refractivity contribution is -0.143. The number of halogens is 1. The molecule has 0 radical (unpaired) electrons. The van der Waals surface area contributed by atoms with E-state index < -0.39 is 12.1 Å².